The Morgan fingerprint density at radius 3 is 2.25 bits per heavy atom. The summed E-state index contributed by atoms with van der Waals surface area (Å²) < 4.78 is 11.4. The summed E-state index contributed by atoms with van der Waals surface area (Å²) in [5.74, 6) is 1.01. The lowest BCUT2D eigenvalue weighted by atomic mass is 9.66. The number of hydrogen-bond acceptors (Lipinski definition) is 4. The van der Waals surface area contributed by atoms with Gasteiger partial charge in [-0.05, 0) is 0 Å². The molecule has 2 unspecified atom stereocenters. The molecule has 20 heavy (non-hydrogen) atoms. The molecule has 2 aliphatic heterocycles. The Labute approximate surface area is 124 Å². The van der Waals surface area contributed by atoms with E-state index in [-0.39, 0.29) is 40.1 Å². The van der Waals surface area contributed by atoms with Crippen LogP contribution in [0.3, 0.4) is 0 Å². The van der Waals surface area contributed by atoms with Crippen molar-refractivity contribution in [2.24, 2.45) is 4.99 Å². The monoisotopic (exact) mass is 254 g/mol. The first kappa shape index (κ1) is 13.6. The van der Waals surface area contributed by atoms with Crippen molar-refractivity contribution in [3.05, 3.63) is 0 Å². The Kier molecular flexibility index (Phi) is 3.31. The van der Waals surface area contributed by atoms with E-state index in [1.54, 1.807) is 0 Å². The van der Waals surface area contributed by atoms with Gasteiger partial charge in [-0.3, -0.25) is 4.99 Å². The van der Waals surface area contributed by atoms with Crippen molar-refractivity contribution in [1.29, 1.82) is 0 Å². The third-order valence-electron chi connectivity index (χ3n) is 3.30. The quantitative estimate of drug-likeness (QED) is 0.513. The molecule has 2 aliphatic rings. The Morgan fingerprint density at radius 2 is 1.65 bits per heavy atom. The summed E-state index contributed by atoms with van der Waals surface area (Å²) in [5, 5.41) is 3.01. The van der Waals surface area contributed by atoms with E-state index < -0.39 is 6.10 Å². The molecule has 0 saturated heterocycles. The molecule has 1 aromatic carbocycles. The van der Waals surface area contributed by atoms with Gasteiger partial charge in [-0.2, -0.15) is 0 Å². The number of fused-ring (bicyclic) bond motifs is 1. The number of benzene rings is 1. The molecule has 0 spiro atoms. The maximum absolute atomic E-state index is 5.91. The highest BCUT2D eigenvalue weighted by Gasteiger charge is 2.31. The van der Waals surface area contributed by atoms with Crippen LogP contribution in [0.25, 0.3) is 0 Å². The predicted molar refractivity (Wildman–Crippen MR) is 82.9 cm³/mol. The molecular formula is C11H7B5N2O2. The topological polar surface area (TPSA) is 42.8 Å². The smallest absolute Gasteiger partial charge is 0.189 e. The molecule has 0 bridgehead atoms. The van der Waals surface area contributed by atoms with Crippen LogP contribution in [0.4, 0.5) is 0 Å². The molecular weight excluding hydrogens is 246 g/mol. The van der Waals surface area contributed by atoms with Crippen LogP contribution in [0, 0.1) is 0 Å². The summed E-state index contributed by atoms with van der Waals surface area (Å²) in [6, 6.07) is 0. The van der Waals surface area contributed by atoms with E-state index >= 15 is 0 Å². The van der Waals surface area contributed by atoms with Gasteiger partial charge in [0, 0.05) is 5.94 Å². The molecule has 4 nitrogen and oxygen atoms in total. The van der Waals surface area contributed by atoms with E-state index in [2.05, 4.69) is 10.3 Å². The average Bonchev–Trinajstić information content (AvgIpc) is 2.89. The predicted octanol–water partition coefficient (Wildman–Crippen LogP) is -4.50. The number of nitrogens with one attached hydrogen (secondary N) is 1. The van der Waals surface area contributed by atoms with E-state index in [1.165, 1.54) is 0 Å². The van der Waals surface area contributed by atoms with Crippen LogP contribution in [0.5, 0.6) is 11.5 Å². The minimum Gasteiger partial charge on any atom is -0.486 e. The summed E-state index contributed by atoms with van der Waals surface area (Å²) in [7, 11) is 29.1. The number of hydrogen-bond donors (Lipinski definition) is 1. The molecule has 1 aromatic rings. The number of aliphatic imine (C=N–C) groups is 1. The molecule has 3 rings (SSSR count). The van der Waals surface area contributed by atoms with E-state index in [9.17, 15) is 0 Å². The third-order valence-corrected chi connectivity index (χ3v) is 3.30. The second kappa shape index (κ2) is 4.86. The SMILES string of the molecule is [B]c1c([B])c([B])c2c(c1[B])OCC(C1=NCC([B])N1)O2. The summed E-state index contributed by atoms with van der Waals surface area (Å²) in [6.07, 6.45) is -0.430. The molecule has 2 heterocycles. The van der Waals surface area contributed by atoms with Crippen molar-refractivity contribution in [2.45, 2.75) is 12.0 Å². The largest absolute Gasteiger partial charge is 0.486 e. The van der Waals surface area contributed by atoms with Crippen molar-refractivity contribution in [1.82, 2.24) is 5.32 Å². The number of rotatable bonds is 1. The lowest BCUT2D eigenvalue weighted by Crippen LogP contribution is -2.52. The van der Waals surface area contributed by atoms with E-state index in [0.29, 0.717) is 18.1 Å². The van der Waals surface area contributed by atoms with Gasteiger partial charge in [0.2, 0.25) is 0 Å². The molecule has 1 N–H and O–H groups in total. The standard InChI is InChI=1S/C11H7B5N2O2/c12-4-1-17-11(18-4)3-2-19-9-7(15)5(13)6(14)8(16)10(9)20-3/h3-4H,1-2H2,(H,17,18). The third kappa shape index (κ3) is 2.04. The summed E-state index contributed by atoms with van der Waals surface area (Å²) in [4.78, 5) is 4.25. The molecule has 9 heteroatoms. The highest BCUT2D eigenvalue weighted by molar-refractivity contribution is 6.63. The average molecular weight is 253 g/mol. The van der Waals surface area contributed by atoms with Crippen molar-refractivity contribution in [3.8, 4) is 11.5 Å². The van der Waals surface area contributed by atoms with Gasteiger partial charge in [0.05, 0.1) is 6.54 Å². The Bertz CT molecular complexity index is 607. The van der Waals surface area contributed by atoms with Crippen LogP contribution in [0.2, 0.25) is 0 Å². The maximum Gasteiger partial charge on any atom is 0.189 e. The maximum atomic E-state index is 5.91. The molecule has 2 atom stereocenters. The molecule has 0 fully saturated rings. The van der Waals surface area contributed by atoms with Crippen molar-refractivity contribution in [3.63, 3.8) is 0 Å². The summed E-state index contributed by atoms with van der Waals surface area (Å²) in [5.41, 5.74) is 0.813. The van der Waals surface area contributed by atoms with Crippen molar-refractivity contribution >= 4 is 66.9 Å². The van der Waals surface area contributed by atoms with E-state index in [4.69, 9.17) is 48.7 Å². The Hall–Kier alpha value is -1.39. The van der Waals surface area contributed by atoms with Gasteiger partial charge in [-0.25, -0.2) is 0 Å². The van der Waals surface area contributed by atoms with Crippen LogP contribution in [0.15, 0.2) is 4.99 Å². The normalized spacial score (nSPS) is 24.1. The van der Waals surface area contributed by atoms with E-state index in [1.807, 2.05) is 0 Å². The molecule has 10 radical (unpaired) electrons. The minimum absolute atomic E-state index is 0.184. The fourth-order valence-corrected chi connectivity index (χ4v) is 2.18. The van der Waals surface area contributed by atoms with Crippen LogP contribution >= 0.6 is 0 Å². The number of ether oxygens (including phenoxy) is 2. The zero-order valence-corrected chi connectivity index (χ0v) is 10.7. The van der Waals surface area contributed by atoms with Gasteiger partial charge in [0.25, 0.3) is 0 Å². The second-order valence-electron chi connectivity index (χ2n) is 4.71. The van der Waals surface area contributed by atoms with Gasteiger partial charge in [-0.1, -0.05) is 10.9 Å². The van der Waals surface area contributed by atoms with Gasteiger partial charge < -0.3 is 14.8 Å². The summed E-state index contributed by atoms with van der Waals surface area (Å²) in [6.45, 7) is 0.724. The highest BCUT2D eigenvalue weighted by atomic mass is 16.6. The van der Waals surface area contributed by atoms with Gasteiger partial charge in [-0.15, -0.1) is 10.9 Å². The lowest BCUT2D eigenvalue weighted by Gasteiger charge is -2.31. The zero-order valence-electron chi connectivity index (χ0n) is 10.7. The molecule has 0 aromatic heterocycles. The first-order chi connectivity index (χ1) is 9.49. The Balaban J connectivity index is 1.96. The van der Waals surface area contributed by atoms with Gasteiger partial charge in [0.15, 0.2) is 17.6 Å². The van der Waals surface area contributed by atoms with Gasteiger partial charge >= 0.3 is 0 Å². The van der Waals surface area contributed by atoms with Crippen molar-refractivity contribution < 1.29 is 9.47 Å². The number of amidine groups is 1. The van der Waals surface area contributed by atoms with Crippen LogP contribution < -0.4 is 36.6 Å². The zero-order chi connectivity index (χ0) is 14.4. The first-order valence-corrected chi connectivity index (χ1v) is 6.10. The second-order valence-corrected chi connectivity index (χ2v) is 4.71. The fraction of sp³-hybridized carbons (Fsp3) is 0.364. The summed E-state index contributed by atoms with van der Waals surface area (Å²) >= 11 is 0. The fourth-order valence-electron chi connectivity index (χ4n) is 2.18. The van der Waals surface area contributed by atoms with Crippen LogP contribution in [-0.4, -0.2) is 70.3 Å². The van der Waals surface area contributed by atoms with Crippen molar-refractivity contribution in [2.75, 3.05) is 13.2 Å². The minimum atomic E-state index is -0.430. The van der Waals surface area contributed by atoms with E-state index in [0.717, 1.165) is 0 Å². The highest BCUT2D eigenvalue weighted by Crippen LogP contribution is 2.26. The molecule has 0 amide bonds. The van der Waals surface area contributed by atoms with Crippen LogP contribution in [0.1, 0.15) is 0 Å². The van der Waals surface area contributed by atoms with Gasteiger partial charge in [0.1, 0.15) is 51.7 Å². The molecule has 0 aliphatic carbocycles. The lowest BCUT2D eigenvalue weighted by molar-refractivity contribution is 0.136. The molecule has 88 valence electrons. The first-order valence-electron chi connectivity index (χ1n) is 6.10. The van der Waals surface area contributed by atoms with Crippen LogP contribution in [-0.2, 0) is 0 Å². The Morgan fingerprint density at radius 1 is 1.00 bits per heavy atom. The number of nitrogens with zero attached hydrogens (tertiary/aromatic N) is 1. The molecule has 0 saturated carbocycles.